The van der Waals surface area contributed by atoms with Crippen molar-refractivity contribution in [2.75, 3.05) is 0 Å². The molecule has 22 heavy (non-hydrogen) atoms. The highest BCUT2D eigenvalue weighted by molar-refractivity contribution is 5.94. The molecule has 0 unspecified atom stereocenters. The molecule has 1 N–H and O–H groups in total. The predicted octanol–water partition coefficient (Wildman–Crippen LogP) is 3.16. The number of hydrogen-bond donors (Lipinski definition) is 1. The van der Waals surface area contributed by atoms with Gasteiger partial charge in [-0.1, -0.05) is 6.07 Å². The normalized spacial score (nSPS) is 11.5. The number of halogens is 3. The van der Waals surface area contributed by atoms with Gasteiger partial charge in [-0.3, -0.25) is 9.48 Å². The lowest BCUT2D eigenvalue weighted by atomic mass is 10.1. The SMILES string of the molecule is CCn1cc(CNC(=O)c2cccc(C(F)(F)F)c2)c(C)n1. The van der Waals surface area contributed by atoms with Gasteiger partial charge >= 0.3 is 6.18 Å². The summed E-state index contributed by atoms with van der Waals surface area (Å²) in [6, 6.07) is 4.36. The van der Waals surface area contributed by atoms with Crippen LogP contribution in [0.25, 0.3) is 0 Å². The van der Waals surface area contributed by atoms with Crippen LogP contribution in [0.5, 0.6) is 0 Å². The molecule has 1 aromatic heterocycles. The Morgan fingerprint density at radius 2 is 2.09 bits per heavy atom. The lowest BCUT2D eigenvalue weighted by molar-refractivity contribution is -0.137. The van der Waals surface area contributed by atoms with Crippen LogP contribution in [0.4, 0.5) is 13.2 Å². The highest BCUT2D eigenvalue weighted by atomic mass is 19.4. The fourth-order valence-corrected chi connectivity index (χ4v) is 2.01. The molecule has 2 aromatic rings. The maximum atomic E-state index is 12.6. The van der Waals surface area contributed by atoms with Gasteiger partial charge in [-0.25, -0.2) is 0 Å². The Bertz CT molecular complexity index is 677. The predicted molar refractivity (Wildman–Crippen MR) is 75.3 cm³/mol. The number of nitrogens with zero attached hydrogens (tertiary/aromatic N) is 2. The Morgan fingerprint density at radius 3 is 2.68 bits per heavy atom. The molecule has 0 radical (unpaired) electrons. The van der Waals surface area contributed by atoms with Gasteiger partial charge in [0, 0.05) is 30.4 Å². The molecule has 1 amide bonds. The zero-order valence-electron chi connectivity index (χ0n) is 12.2. The maximum absolute atomic E-state index is 12.6. The van der Waals surface area contributed by atoms with E-state index in [4.69, 9.17) is 0 Å². The molecule has 1 heterocycles. The third-order valence-electron chi connectivity index (χ3n) is 3.26. The van der Waals surface area contributed by atoms with Gasteiger partial charge in [-0.05, 0) is 32.0 Å². The van der Waals surface area contributed by atoms with Crippen LogP contribution in [0.1, 0.15) is 34.1 Å². The molecule has 0 fully saturated rings. The number of carbonyl (C=O) groups excluding carboxylic acids is 1. The molecule has 2 rings (SSSR count). The molecule has 0 spiro atoms. The van der Waals surface area contributed by atoms with E-state index in [0.717, 1.165) is 23.4 Å². The average Bonchev–Trinajstić information content (AvgIpc) is 2.84. The topological polar surface area (TPSA) is 46.9 Å². The highest BCUT2D eigenvalue weighted by Gasteiger charge is 2.30. The Kier molecular flexibility index (Phi) is 4.54. The van der Waals surface area contributed by atoms with Crippen LogP contribution in [0.2, 0.25) is 0 Å². The number of nitrogens with one attached hydrogen (secondary N) is 1. The number of alkyl halides is 3. The minimum absolute atomic E-state index is 0.0182. The van der Waals surface area contributed by atoms with E-state index in [1.165, 1.54) is 12.1 Å². The smallest absolute Gasteiger partial charge is 0.348 e. The van der Waals surface area contributed by atoms with Gasteiger partial charge in [0.25, 0.3) is 5.91 Å². The van der Waals surface area contributed by atoms with E-state index in [2.05, 4.69) is 10.4 Å². The van der Waals surface area contributed by atoms with Crippen LogP contribution in [-0.2, 0) is 19.3 Å². The summed E-state index contributed by atoms with van der Waals surface area (Å²) >= 11 is 0. The van der Waals surface area contributed by atoms with Crippen molar-refractivity contribution in [3.63, 3.8) is 0 Å². The fourth-order valence-electron chi connectivity index (χ4n) is 2.01. The summed E-state index contributed by atoms with van der Waals surface area (Å²) in [5.41, 5.74) is 0.763. The molecule has 0 aliphatic rings. The molecule has 0 aliphatic heterocycles. The molecule has 7 heteroatoms. The van der Waals surface area contributed by atoms with E-state index in [9.17, 15) is 18.0 Å². The summed E-state index contributed by atoms with van der Waals surface area (Å²) in [4.78, 5) is 12.0. The maximum Gasteiger partial charge on any atom is 0.416 e. The minimum atomic E-state index is -4.46. The summed E-state index contributed by atoms with van der Waals surface area (Å²) in [6.07, 6.45) is -2.66. The molecule has 118 valence electrons. The monoisotopic (exact) mass is 311 g/mol. The molecule has 1 aromatic carbocycles. The van der Waals surface area contributed by atoms with Gasteiger partial charge in [-0.15, -0.1) is 0 Å². The van der Waals surface area contributed by atoms with Crippen molar-refractivity contribution in [2.24, 2.45) is 0 Å². The molecular weight excluding hydrogens is 295 g/mol. The van der Waals surface area contributed by atoms with Gasteiger partial charge in [-0.2, -0.15) is 18.3 Å². The first-order valence-corrected chi connectivity index (χ1v) is 6.79. The lowest BCUT2D eigenvalue weighted by Gasteiger charge is -2.09. The number of hydrogen-bond acceptors (Lipinski definition) is 2. The van der Waals surface area contributed by atoms with Crippen molar-refractivity contribution < 1.29 is 18.0 Å². The van der Waals surface area contributed by atoms with Crippen LogP contribution in [0.3, 0.4) is 0 Å². The van der Waals surface area contributed by atoms with Crippen molar-refractivity contribution in [1.82, 2.24) is 15.1 Å². The summed E-state index contributed by atoms with van der Waals surface area (Å²) < 4.78 is 39.6. The molecule has 0 saturated carbocycles. The van der Waals surface area contributed by atoms with E-state index in [1.54, 1.807) is 4.68 Å². The quantitative estimate of drug-likeness (QED) is 0.943. The van der Waals surface area contributed by atoms with Crippen molar-refractivity contribution >= 4 is 5.91 Å². The third-order valence-corrected chi connectivity index (χ3v) is 3.26. The summed E-state index contributed by atoms with van der Waals surface area (Å²) in [5, 5.41) is 6.86. The Morgan fingerprint density at radius 1 is 1.36 bits per heavy atom. The van der Waals surface area contributed by atoms with Crippen LogP contribution < -0.4 is 5.32 Å². The first kappa shape index (κ1) is 16.1. The van der Waals surface area contributed by atoms with Crippen molar-refractivity contribution in [2.45, 2.75) is 33.1 Å². The molecular formula is C15H16F3N3O. The first-order chi connectivity index (χ1) is 10.3. The van der Waals surface area contributed by atoms with Crippen LogP contribution >= 0.6 is 0 Å². The number of aromatic nitrogens is 2. The van der Waals surface area contributed by atoms with E-state index in [0.29, 0.717) is 6.54 Å². The van der Waals surface area contributed by atoms with E-state index in [-0.39, 0.29) is 12.1 Å². The standard InChI is InChI=1S/C15H16F3N3O/c1-3-21-9-12(10(2)20-21)8-19-14(22)11-5-4-6-13(7-11)15(16,17)18/h4-7,9H,3,8H2,1-2H3,(H,19,22). The number of aryl methyl sites for hydroxylation is 2. The second-order valence-corrected chi connectivity index (χ2v) is 4.86. The van der Waals surface area contributed by atoms with E-state index in [1.807, 2.05) is 20.0 Å². The second-order valence-electron chi connectivity index (χ2n) is 4.86. The van der Waals surface area contributed by atoms with E-state index < -0.39 is 17.6 Å². The molecule has 0 aliphatic carbocycles. The zero-order chi connectivity index (χ0) is 16.3. The molecule has 0 atom stereocenters. The van der Waals surface area contributed by atoms with Gasteiger partial charge in [0.1, 0.15) is 0 Å². The fraction of sp³-hybridized carbons (Fsp3) is 0.333. The first-order valence-electron chi connectivity index (χ1n) is 6.79. The van der Waals surface area contributed by atoms with Crippen molar-refractivity contribution in [3.8, 4) is 0 Å². The molecule has 0 saturated heterocycles. The third kappa shape index (κ3) is 3.66. The largest absolute Gasteiger partial charge is 0.416 e. The molecule has 0 bridgehead atoms. The van der Waals surface area contributed by atoms with Crippen molar-refractivity contribution in [3.05, 3.63) is 52.8 Å². The van der Waals surface area contributed by atoms with Gasteiger partial charge in [0.2, 0.25) is 0 Å². The van der Waals surface area contributed by atoms with Gasteiger partial charge < -0.3 is 5.32 Å². The van der Waals surface area contributed by atoms with Crippen molar-refractivity contribution in [1.29, 1.82) is 0 Å². The minimum Gasteiger partial charge on any atom is -0.348 e. The Labute approximate surface area is 125 Å². The number of benzene rings is 1. The Balaban J connectivity index is 2.08. The number of carbonyl (C=O) groups is 1. The van der Waals surface area contributed by atoms with Crippen LogP contribution in [-0.4, -0.2) is 15.7 Å². The molecule has 4 nitrogen and oxygen atoms in total. The number of amides is 1. The highest BCUT2D eigenvalue weighted by Crippen LogP contribution is 2.29. The van der Waals surface area contributed by atoms with Crippen LogP contribution in [0.15, 0.2) is 30.5 Å². The number of rotatable bonds is 4. The Hall–Kier alpha value is -2.31. The summed E-state index contributed by atoms with van der Waals surface area (Å²) in [5.74, 6) is -0.547. The van der Waals surface area contributed by atoms with Gasteiger partial charge in [0.15, 0.2) is 0 Å². The average molecular weight is 311 g/mol. The summed E-state index contributed by atoms with van der Waals surface area (Å²) in [6.45, 7) is 4.69. The second kappa shape index (κ2) is 6.21. The summed E-state index contributed by atoms with van der Waals surface area (Å²) in [7, 11) is 0. The zero-order valence-corrected chi connectivity index (χ0v) is 12.2. The van der Waals surface area contributed by atoms with Gasteiger partial charge in [0.05, 0.1) is 11.3 Å². The van der Waals surface area contributed by atoms with E-state index >= 15 is 0 Å². The van der Waals surface area contributed by atoms with Crippen LogP contribution in [0, 0.1) is 6.92 Å². The lowest BCUT2D eigenvalue weighted by Crippen LogP contribution is -2.23.